The van der Waals surface area contributed by atoms with Crippen molar-refractivity contribution < 1.29 is 19.2 Å². The monoisotopic (exact) mass is 299 g/mol. The molecule has 0 aliphatic heterocycles. The molecule has 0 bridgehead atoms. The molecule has 0 aromatic rings. The molecule has 0 aromatic carbocycles. The van der Waals surface area contributed by atoms with Gasteiger partial charge in [0.25, 0.3) is 0 Å². The highest BCUT2D eigenvalue weighted by Crippen LogP contribution is 2.30. The van der Waals surface area contributed by atoms with E-state index in [1.54, 1.807) is 18.9 Å². The molecule has 0 spiro atoms. The van der Waals surface area contributed by atoms with Gasteiger partial charge in [0.2, 0.25) is 0 Å². The van der Waals surface area contributed by atoms with E-state index < -0.39 is 11.6 Å². The van der Waals surface area contributed by atoms with Crippen molar-refractivity contribution in [3.63, 3.8) is 0 Å². The van der Waals surface area contributed by atoms with Gasteiger partial charge in [-0.3, -0.25) is 0 Å². The van der Waals surface area contributed by atoms with Crippen LogP contribution in [-0.4, -0.2) is 41.5 Å². The minimum Gasteiger partial charge on any atom is -0.444 e. The van der Waals surface area contributed by atoms with E-state index in [0.717, 1.165) is 6.42 Å². The Bertz CT molecular complexity index is 424. The molecular formula is C14H25N3O4. The molecule has 1 aliphatic rings. The fourth-order valence-electron chi connectivity index (χ4n) is 2.20. The van der Waals surface area contributed by atoms with Crippen molar-refractivity contribution in [1.82, 2.24) is 4.90 Å². The SMILES string of the molecule is CC(N)=NOC(=O)C1CCC(N(C)C(=O)OC(C)(C)C)C1. The summed E-state index contributed by atoms with van der Waals surface area (Å²) in [6, 6.07) is -0.0275. The van der Waals surface area contributed by atoms with E-state index in [1.165, 1.54) is 0 Å². The first kappa shape index (κ1) is 17.3. The summed E-state index contributed by atoms with van der Waals surface area (Å²) in [7, 11) is 1.69. The molecule has 7 heteroatoms. The third-order valence-electron chi connectivity index (χ3n) is 3.25. The average Bonchev–Trinajstić information content (AvgIpc) is 2.82. The van der Waals surface area contributed by atoms with Crippen molar-refractivity contribution in [3.05, 3.63) is 0 Å². The Labute approximate surface area is 125 Å². The van der Waals surface area contributed by atoms with Crippen LogP contribution in [0.5, 0.6) is 0 Å². The molecule has 120 valence electrons. The lowest BCUT2D eigenvalue weighted by Crippen LogP contribution is -2.39. The van der Waals surface area contributed by atoms with Gasteiger partial charge in [-0.1, -0.05) is 5.16 Å². The number of rotatable bonds is 3. The van der Waals surface area contributed by atoms with E-state index in [1.807, 2.05) is 20.8 Å². The zero-order chi connectivity index (χ0) is 16.2. The lowest BCUT2D eigenvalue weighted by Gasteiger charge is -2.28. The van der Waals surface area contributed by atoms with Gasteiger partial charge in [-0.05, 0) is 47.0 Å². The molecule has 0 aromatic heterocycles. The number of hydrogen-bond acceptors (Lipinski definition) is 5. The van der Waals surface area contributed by atoms with Gasteiger partial charge < -0.3 is 20.2 Å². The highest BCUT2D eigenvalue weighted by molar-refractivity contribution is 5.79. The van der Waals surface area contributed by atoms with E-state index in [-0.39, 0.29) is 23.9 Å². The Kier molecular flexibility index (Phi) is 5.57. The largest absolute Gasteiger partial charge is 0.444 e. The fourth-order valence-corrected chi connectivity index (χ4v) is 2.20. The number of ether oxygens (including phenoxy) is 1. The summed E-state index contributed by atoms with van der Waals surface area (Å²) in [4.78, 5) is 30.1. The fraction of sp³-hybridized carbons (Fsp3) is 0.786. The van der Waals surface area contributed by atoms with E-state index in [4.69, 9.17) is 15.3 Å². The van der Waals surface area contributed by atoms with Crippen LogP contribution in [0.25, 0.3) is 0 Å². The van der Waals surface area contributed by atoms with Gasteiger partial charge in [-0.15, -0.1) is 0 Å². The molecule has 0 heterocycles. The molecule has 1 fully saturated rings. The van der Waals surface area contributed by atoms with Gasteiger partial charge in [0.1, 0.15) is 11.4 Å². The Morgan fingerprint density at radius 2 is 1.90 bits per heavy atom. The van der Waals surface area contributed by atoms with Crippen LogP contribution in [0.3, 0.4) is 0 Å². The minimum absolute atomic E-state index is 0.0275. The quantitative estimate of drug-likeness (QED) is 0.371. The molecule has 2 atom stereocenters. The lowest BCUT2D eigenvalue weighted by molar-refractivity contribution is -0.148. The summed E-state index contributed by atoms with van der Waals surface area (Å²) in [6.07, 6.45) is 1.57. The highest BCUT2D eigenvalue weighted by Gasteiger charge is 2.36. The van der Waals surface area contributed by atoms with Gasteiger partial charge in [0, 0.05) is 13.1 Å². The van der Waals surface area contributed by atoms with Crippen molar-refractivity contribution in [3.8, 4) is 0 Å². The lowest BCUT2D eigenvalue weighted by atomic mass is 10.1. The van der Waals surface area contributed by atoms with E-state index in [9.17, 15) is 9.59 Å². The van der Waals surface area contributed by atoms with Crippen LogP contribution in [0, 0.1) is 5.92 Å². The molecule has 2 N–H and O–H groups in total. The van der Waals surface area contributed by atoms with Gasteiger partial charge >= 0.3 is 12.1 Å². The van der Waals surface area contributed by atoms with Crippen LogP contribution in [0.4, 0.5) is 4.79 Å². The Morgan fingerprint density at radius 1 is 1.29 bits per heavy atom. The summed E-state index contributed by atoms with van der Waals surface area (Å²) in [5, 5.41) is 3.46. The van der Waals surface area contributed by atoms with Crippen molar-refractivity contribution in [2.75, 3.05) is 7.05 Å². The standard InChI is InChI=1S/C14H25N3O4/c1-9(15)16-21-12(18)10-6-7-11(8-10)17(5)13(19)20-14(2,3)4/h10-11H,6-8H2,1-5H3,(H2,15,16). The maximum absolute atomic E-state index is 12.0. The van der Waals surface area contributed by atoms with Gasteiger partial charge in [-0.2, -0.15) is 0 Å². The number of carbonyl (C=O) groups excluding carboxylic acids is 2. The first-order chi connectivity index (χ1) is 9.60. The summed E-state index contributed by atoms with van der Waals surface area (Å²) in [6.45, 7) is 7.00. The van der Waals surface area contributed by atoms with E-state index >= 15 is 0 Å². The normalized spacial score (nSPS) is 22.8. The van der Waals surface area contributed by atoms with Crippen LogP contribution >= 0.6 is 0 Å². The second-order valence-electron chi connectivity index (χ2n) is 6.40. The molecule has 2 unspecified atom stereocenters. The Morgan fingerprint density at radius 3 is 2.43 bits per heavy atom. The van der Waals surface area contributed by atoms with Crippen LogP contribution in [0.1, 0.15) is 47.0 Å². The Hall–Kier alpha value is -1.79. The van der Waals surface area contributed by atoms with E-state index in [0.29, 0.717) is 12.8 Å². The zero-order valence-electron chi connectivity index (χ0n) is 13.4. The smallest absolute Gasteiger partial charge is 0.410 e. The number of oxime groups is 1. The third-order valence-corrected chi connectivity index (χ3v) is 3.25. The molecule has 0 radical (unpaired) electrons. The Balaban J connectivity index is 2.52. The van der Waals surface area contributed by atoms with Gasteiger partial charge in [-0.25, -0.2) is 9.59 Å². The summed E-state index contributed by atoms with van der Waals surface area (Å²) < 4.78 is 5.32. The van der Waals surface area contributed by atoms with Gasteiger partial charge in [0.05, 0.1) is 5.92 Å². The van der Waals surface area contributed by atoms with Crippen molar-refractivity contribution in [1.29, 1.82) is 0 Å². The first-order valence-corrected chi connectivity index (χ1v) is 7.07. The van der Waals surface area contributed by atoms with Gasteiger partial charge in [0.15, 0.2) is 0 Å². The van der Waals surface area contributed by atoms with Crippen LogP contribution < -0.4 is 5.73 Å². The predicted molar refractivity (Wildman–Crippen MR) is 78.5 cm³/mol. The van der Waals surface area contributed by atoms with Crippen molar-refractivity contribution >= 4 is 17.9 Å². The van der Waals surface area contributed by atoms with Crippen molar-refractivity contribution in [2.24, 2.45) is 16.8 Å². The minimum atomic E-state index is -0.532. The van der Waals surface area contributed by atoms with Crippen LogP contribution in [0.15, 0.2) is 5.16 Å². The zero-order valence-corrected chi connectivity index (χ0v) is 13.4. The summed E-state index contributed by atoms with van der Waals surface area (Å²) >= 11 is 0. The molecule has 21 heavy (non-hydrogen) atoms. The number of hydrogen-bond donors (Lipinski definition) is 1. The molecule has 7 nitrogen and oxygen atoms in total. The number of amidine groups is 1. The number of nitrogens with zero attached hydrogens (tertiary/aromatic N) is 2. The number of nitrogens with two attached hydrogens (primary N) is 1. The molecule has 1 aliphatic carbocycles. The maximum atomic E-state index is 12.0. The predicted octanol–water partition coefficient (Wildman–Crippen LogP) is 1.86. The maximum Gasteiger partial charge on any atom is 0.410 e. The van der Waals surface area contributed by atoms with E-state index in [2.05, 4.69) is 5.16 Å². The highest BCUT2D eigenvalue weighted by atomic mass is 16.7. The molecule has 1 saturated carbocycles. The molecule has 0 saturated heterocycles. The van der Waals surface area contributed by atoms with Crippen LogP contribution in [-0.2, 0) is 14.4 Å². The van der Waals surface area contributed by atoms with Crippen molar-refractivity contribution in [2.45, 2.75) is 58.6 Å². The molecule has 1 amide bonds. The second-order valence-corrected chi connectivity index (χ2v) is 6.40. The average molecular weight is 299 g/mol. The molecule has 1 rings (SSSR count). The number of carbonyl (C=O) groups is 2. The topological polar surface area (TPSA) is 94.2 Å². The summed E-state index contributed by atoms with van der Waals surface area (Å²) in [5.74, 6) is -0.466. The first-order valence-electron chi connectivity index (χ1n) is 7.07. The summed E-state index contributed by atoms with van der Waals surface area (Å²) in [5.41, 5.74) is 4.78. The number of amides is 1. The third kappa shape index (κ3) is 5.61. The molecular weight excluding hydrogens is 274 g/mol. The second kappa shape index (κ2) is 6.78. The van der Waals surface area contributed by atoms with Crippen LogP contribution in [0.2, 0.25) is 0 Å².